The van der Waals surface area contributed by atoms with Gasteiger partial charge in [0.25, 0.3) is 0 Å². The van der Waals surface area contributed by atoms with Crippen LogP contribution in [0.15, 0.2) is 0 Å². The molecular weight excluding hydrogens is 496 g/mol. The van der Waals surface area contributed by atoms with Gasteiger partial charge in [0.2, 0.25) is 0 Å². The summed E-state index contributed by atoms with van der Waals surface area (Å²) in [7, 11) is 0. The minimum atomic E-state index is -0.155. The second-order valence-corrected chi connectivity index (χ2v) is 13.0. The van der Waals surface area contributed by atoms with Crippen molar-refractivity contribution in [2.24, 2.45) is 11.3 Å². The van der Waals surface area contributed by atoms with E-state index in [2.05, 4.69) is 13.8 Å². The van der Waals surface area contributed by atoms with Gasteiger partial charge in [-0.05, 0) is 49.9 Å². The summed E-state index contributed by atoms with van der Waals surface area (Å²) >= 11 is 0. The lowest BCUT2D eigenvalue weighted by atomic mass is 9.60. The molecule has 0 saturated heterocycles. The molecular formula is C36H72O4. The van der Waals surface area contributed by atoms with Crippen LogP contribution in [0, 0.1) is 11.3 Å². The smallest absolute Gasteiger partial charge is 0.143 e. The topological polar surface area (TPSA) is 58.9 Å². The first-order valence-corrected chi connectivity index (χ1v) is 18.2. The number of aliphatic hydroxyl groups is 2. The van der Waals surface area contributed by atoms with E-state index in [1.165, 1.54) is 167 Å². The Balaban J connectivity index is 2.89. The van der Waals surface area contributed by atoms with Gasteiger partial charge >= 0.3 is 0 Å². The first-order chi connectivity index (χ1) is 19.7. The van der Waals surface area contributed by atoms with Gasteiger partial charge in [0, 0.05) is 6.61 Å². The van der Waals surface area contributed by atoms with Crippen LogP contribution < -0.4 is 0 Å². The maximum absolute atomic E-state index is 9.99. The molecule has 0 aromatic rings. The Morgan fingerprint density at radius 2 is 1.12 bits per heavy atom. The third-order valence-electron chi connectivity index (χ3n) is 9.92. The molecule has 0 bridgehead atoms. The maximum Gasteiger partial charge on any atom is 0.143 e. The van der Waals surface area contributed by atoms with Crippen molar-refractivity contribution >= 4 is 0 Å². The van der Waals surface area contributed by atoms with E-state index >= 15 is 0 Å². The second-order valence-electron chi connectivity index (χ2n) is 13.0. The summed E-state index contributed by atoms with van der Waals surface area (Å²) in [4.78, 5) is 0. The normalized spacial score (nSPS) is 20.9. The Labute approximate surface area is 250 Å². The van der Waals surface area contributed by atoms with Crippen LogP contribution in [0.25, 0.3) is 0 Å². The molecule has 1 aliphatic carbocycles. The van der Waals surface area contributed by atoms with Crippen molar-refractivity contribution in [3.63, 3.8) is 0 Å². The summed E-state index contributed by atoms with van der Waals surface area (Å²) in [6, 6.07) is 0. The fourth-order valence-electron chi connectivity index (χ4n) is 7.55. The van der Waals surface area contributed by atoms with Crippen LogP contribution in [-0.2, 0) is 9.47 Å². The molecule has 0 radical (unpaired) electrons. The van der Waals surface area contributed by atoms with E-state index in [1.807, 2.05) is 0 Å². The predicted molar refractivity (Wildman–Crippen MR) is 172 cm³/mol. The molecule has 0 aliphatic heterocycles. The van der Waals surface area contributed by atoms with Gasteiger partial charge in [-0.2, -0.15) is 0 Å². The molecule has 1 fully saturated rings. The van der Waals surface area contributed by atoms with Crippen LogP contribution in [0.4, 0.5) is 0 Å². The Morgan fingerprint density at radius 3 is 1.70 bits per heavy atom. The largest absolute Gasteiger partial charge is 0.371 e. The summed E-state index contributed by atoms with van der Waals surface area (Å²) in [5.41, 5.74) is 0.240. The molecule has 40 heavy (non-hydrogen) atoms. The molecule has 1 rings (SSSR count). The lowest BCUT2D eigenvalue weighted by Gasteiger charge is -2.48. The van der Waals surface area contributed by atoms with Crippen molar-refractivity contribution in [3.05, 3.63) is 0 Å². The zero-order valence-electron chi connectivity index (χ0n) is 27.3. The summed E-state index contributed by atoms with van der Waals surface area (Å²) < 4.78 is 11.4. The molecule has 240 valence electrons. The van der Waals surface area contributed by atoms with Gasteiger partial charge < -0.3 is 19.7 Å². The monoisotopic (exact) mass is 569 g/mol. The average molecular weight is 569 g/mol. The van der Waals surface area contributed by atoms with Crippen LogP contribution in [0.2, 0.25) is 0 Å². The molecule has 0 amide bonds. The highest BCUT2D eigenvalue weighted by Gasteiger charge is 2.44. The maximum atomic E-state index is 9.99. The van der Waals surface area contributed by atoms with E-state index in [0.717, 1.165) is 18.8 Å². The SMILES string of the molecule is CCCCCCCCCC(CCCCCCCOCO)C1(CCCCCCCCC)CCCCCCC1OCO. The van der Waals surface area contributed by atoms with Gasteiger partial charge in [-0.3, -0.25) is 0 Å². The van der Waals surface area contributed by atoms with Crippen LogP contribution in [0.1, 0.15) is 194 Å². The molecule has 3 unspecified atom stereocenters. The Hall–Kier alpha value is -0.160. The van der Waals surface area contributed by atoms with E-state index in [-0.39, 0.29) is 25.1 Å². The number of unbranched alkanes of at least 4 members (excludes halogenated alkanes) is 16. The third-order valence-corrected chi connectivity index (χ3v) is 9.92. The molecule has 1 saturated carbocycles. The summed E-state index contributed by atoms with van der Waals surface area (Å²) in [5.74, 6) is 0.718. The molecule has 0 aromatic heterocycles. The van der Waals surface area contributed by atoms with Gasteiger partial charge in [0.1, 0.15) is 13.6 Å². The fraction of sp³-hybridized carbons (Fsp3) is 1.00. The predicted octanol–water partition coefficient (Wildman–Crippen LogP) is 10.9. The van der Waals surface area contributed by atoms with Crippen LogP contribution in [-0.4, -0.2) is 36.5 Å². The molecule has 4 heteroatoms. The fourth-order valence-corrected chi connectivity index (χ4v) is 7.55. The Bertz CT molecular complexity index is 513. The van der Waals surface area contributed by atoms with Crippen molar-refractivity contribution < 1.29 is 19.7 Å². The standard InChI is InChI=1S/C36H72O4/c1-3-5-7-9-11-14-20-26-34(27-21-15-13-19-25-31-39-32-37)36(29-23-17-12-10-8-6-4-2)30-24-18-16-22-28-35(36)40-33-38/h34-35,37-38H,3-33H2,1-2H3. The molecule has 2 N–H and O–H groups in total. The highest BCUT2D eigenvalue weighted by atomic mass is 16.6. The number of aliphatic hydroxyl groups excluding tert-OH is 2. The van der Waals surface area contributed by atoms with E-state index in [0.29, 0.717) is 6.61 Å². The summed E-state index contributed by atoms with van der Waals surface area (Å²) in [6.07, 6.45) is 37.2. The van der Waals surface area contributed by atoms with Crippen molar-refractivity contribution in [3.8, 4) is 0 Å². The van der Waals surface area contributed by atoms with E-state index in [9.17, 15) is 5.11 Å². The summed E-state index contributed by atoms with van der Waals surface area (Å²) in [5, 5.41) is 18.8. The average Bonchev–Trinajstić information content (AvgIpc) is 2.95. The van der Waals surface area contributed by atoms with Crippen LogP contribution in [0.3, 0.4) is 0 Å². The number of rotatable bonds is 28. The van der Waals surface area contributed by atoms with Gasteiger partial charge in [-0.1, -0.05) is 155 Å². The number of hydrogen-bond acceptors (Lipinski definition) is 4. The Morgan fingerprint density at radius 1 is 0.600 bits per heavy atom. The molecule has 4 nitrogen and oxygen atoms in total. The number of hydrogen-bond donors (Lipinski definition) is 2. The van der Waals surface area contributed by atoms with Gasteiger partial charge in [0.15, 0.2) is 0 Å². The van der Waals surface area contributed by atoms with Gasteiger partial charge in [-0.15, -0.1) is 0 Å². The van der Waals surface area contributed by atoms with E-state index < -0.39 is 0 Å². The zero-order valence-corrected chi connectivity index (χ0v) is 27.3. The van der Waals surface area contributed by atoms with Crippen LogP contribution in [0.5, 0.6) is 0 Å². The lowest BCUT2D eigenvalue weighted by Crippen LogP contribution is -2.44. The minimum absolute atomic E-state index is 0.122. The van der Waals surface area contributed by atoms with E-state index in [1.54, 1.807) is 0 Å². The lowest BCUT2D eigenvalue weighted by molar-refractivity contribution is -0.140. The highest BCUT2D eigenvalue weighted by Crippen LogP contribution is 2.50. The van der Waals surface area contributed by atoms with Gasteiger partial charge in [0.05, 0.1) is 6.10 Å². The van der Waals surface area contributed by atoms with Crippen molar-refractivity contribution in [2.45, 2.75) is 200 Å². The molecule has 0 spiro atoms. The molecule has 0 heterocycles. The Kier molecular flexibility index (Phi) is 26.2. The minimum Gasteiger partial charge on any atom is -0.371 e. The number of ether oxygens (including phenoxy) is 2. The van der Waals surface area contributed by atoms with Crippen LogP contribution >= 0.6 is 0 Å². The van der Waals surface area contributed by atoms with Crippen molar-refractivity contribution in [1.82, 2.24) is 0 Å². The molecule has 3 atom stereocenters. The van der Waals surface area contributed by atoms with Crippen molar-refractivity contribution in [2.75, 3.05) is 20.2 Å². The second kappa shape index (κ2) is 27.7. The van der Waals surface area contributed by atoms with Gasteiger partial charge in [-0.25, -0.2) is 0 Å². The summed E-state index contributed by atoms with van der Waals surface area (Å²) in [6.45, 7) is 5.01. The first kappa shape index (κ1) is 37.9. The van der Waals surface area contributed by atoms with E-state index in [4.69, 9.17) is 14.6 Å². The highest BCUT2D eigenvalue weighted by molar-refractivity contribution is 4.94. The quantitative estimate of drug-likeness (QED) is 0.0728. The molecule has 1 aliphatic rings. The first-order valence-electron chi connectivity index (χ1n) is 18.2. The van der Waals surface area contributed by atoms with Crippen molar-refractivity contribution in [1.29, 1.82) is 0 Å². The molecule has 0 aromatic carbocycles. The third kappa shape index (κ3) is 17.7. The zero-order chi connectivity index (χ0) is 29.0.